The molecule has 0 aliphatic rings. The van der Waals surface area contributed by atoms with Crippen LogP contribution in [0.4, 0.5) is 0 Å². The second-order valence-corrected chi connectivity index (χ2v) is 23.1. The van der Waals surface area contributed by atoms with Gasteiger partial charge in [-0.2, -0.15) is 0 Å². The number of carbonyl (C=O) groups excluding carboxylic acids is 2. The summed E-state index contributed by atoms with van der Waals surface area (Å²) in [5.41, 5.74) is 0. The SMILES string of the molecule is CC/C=C\C/C=C\C/C=C\C/C=C\C/C=C\C/C=C\CCCCC(=O)OC(COC(=O)CCCCCCCCCCCCCCCCCCCCCCCCCCCCCCC)COP(=O)([O-])OCC[N+](C)(C)C. The number of ether oxygens (including phenoxy) is 2. The number of hydrogen-bond acceptors (Lipinski definition) is 8. The number of unbranched alkanes of at least 4 members (excludes halogenated alkanes) is 30. The van der Waals surface area contributed by atoms with Gasteiger partial charge in [0.25, 0.3) is 7.82 Å². The van der Waals surface area contributed by atoms with Crippen molar-refractivity contribution in [3.8, 4) is 0 Å². The molecular weight excluding hydrogens is 942 g/mol. The summed E-state index contributed by atoms with van der Waals surface area (Å²) in [6.45, 7) is 4.10. The van der Waals surface area contributed by atoms with E-state index >= 15 is 0 Å². The van der Waals surface area contributed by atoms with E-state index in [1.165, 1.54) is 167 Å². The van der Waals surface area contributed by atoms with Crippen molar-refractivity contribution in [2.45, 2.75) is 277 Å². The van der Waals surface area contributed by atoms with Gasteiger partial charge in [-0.05, 0) is 64.2 Å². The lowest BCUT2D eigenvalue weighted by atomic mass is 10.0. The fraction of sp³-hybridized carbons (Fsp3) is 0.781. The van der Waals surface area contributed by atoms with Crippen LogP contribution in [0.1, 0.15) is 271 Å². The van der Waals surface area contributed by atoms with E-state index in [0.29, 0.717) is 17.4 Å². The Morgan fingerprint density at radius 1 is 0.432 bits per heavy atom. The molecule has 430 valence electrons. The van der Waals surface area contributed by atoms with Gasteiger partial charge in [0.1, 0.15) is 19.8 Å². The number of allylic oxidation sites excluding steroid dienone is 12. The number of carbonyl (C=O) groups is 2. The Kier molecular flexibility index (Phi) is 53.3. The minimum atomic E-state index is -4.65. The summed E-state index contributed by atoms with van der Waals surface area (Å²) >= 11 is 0. The van der Waals surface area contributed by atoms with Crippen LogP contribution in [0.2, 0.25) is 0 Å². The van der Waals surface area contributed by atoms with Gasteiger partial charge in [-0.3, -0.25) is 14.2 Å². The van der Waals surface area contributed by atoms with Crippen molar-refractivity contribution in [1.82, 2.24) is 0 Å². The van der Waals surface area contributed by atoms with E-state index in [9.17, 15) is 19.0 Å². The summed E-state index contributed by atoms with van der Waals surface area (Å²) in [4.78, 5) is 37.9. The minimum Gasteiger partial charge on any atom is -0.756 e. The Hall–Kier alpha value is -2.55. The van der Waals surface area contributed by atoms with Gasteiger partial charge >= 0.3 is 11.9 Å². The van der Waals surface area contributed by atoms with Gasteiger partial charge in [0.15, 0.2) is 6.10 Å². The average Bonchev–Trinajstić information content (AvgIpc) is 3.36. The van der Waals surface area contributed by atoms with Gasteiger partial charge in [-0.1, -0.05) is 267 Å². The maximum atomic E-state index is 12.8. The molecule has 0 saturated heterocycles. The van der Waals surface area contributed by atoms with Crippen LogP contribution in [0, 0.1) is 0 Å². The first-order valence-electron chi connectivity index (χ1n) is 30.6. The average molecular weight is 1060 g/mol. The van der Waals surface area contributed by atoms with Crippen LogP contribution in [0.5, 0.6) is 0 Å². The van der Waals surface area contributed by atoms with Crippen LogP contribution in [0.25, 0.3) is 0 Å². The maximum absolute atomic E-state index is 12.8. The first kappa shape index (κ1) is 71.5. The smallest absolute Gasteiger partial charge is 0.306 e. The lowest BCUT2D eigenvalue weighted by Crippen LogP contribution is -2.37. The van der Waals surface area contributed by atoms with Gasteiger partial charge < -0.3 is 27.9 Å². The number of quaternary nitrogens is 1. The van der Waals surface area contributed by atoms with Crippen LogP contribution >= 0.6 is 7.82 Å². The molecule has 74 heavy (non-hydrogen) atoms. The molecule has 0 radical (unpaired) electrons. The molecule has 2 atom stereocenters. The Morgan fingerprint density at radius 2 is 0.770 bits per heavy atom. The molecule has 0 heterocycles. The first-order chi connectivity index (χ1) is 36.0. The van der Waals surface area contributed by atoms with Gasteiger partial charge in [-0.25, -0.2) is 0 Å². The third-order valence-corrected chi connectivity index (χ3v) is 14.2. The van der Waals surface area contributed by atoms with Gasteiger partial charge in [0, 0.05) is 12.8 Å². The van der Waals surface area contributed by atoms with Crippen molar-refractivity contribution in [2.75, 3.05) is 47.5 Å². The van der Waals surface area contributed by atoms with Gasteiger partial charge in [-0.15, -0.1) is 0 Å². The number of esters is 2. The van der Waals surface area contributed by atoms with E-state index in [-0.39, 0.29) is 26.1 Å². The molecule has 9 nitrogen and oxygen atoms in total. The molecule has 0 aromatic rings. The van der Waals surface area contributed by atoms with Crippen molar-refractivity contribution in [3.63, 3.8) is 0 Å². The van der Waals surface area contributed by atoms with E-state index in [1.807, 2.05) is 21.1 Å². The van der Waals surface area contributed by atoms with Crippen LogP contribution in [-0.4, -0.2) is 70.0 Å². The predicted octanol–water partition coefficient (Wildman–Crippen LogP) is 18.6. The van der Waals surface area contributed by atoms with Gasteiger partial charge in [0.2, 0.25) is 0 Å². The lowest BCUT2D eigenvalue weighted by molar-refractivity contribution is -0.870. The molecule has 0 aliphatic heterocycles. The predicted molar refractivity (Wildman–Crippen MR) is 314 cm³/mol. The number of phosphoric ester groups is 1. The second-order valence-electron chi connectivity index (χ2n) is 21.7. The van der Waals surface area contributed by atoms with E-state index in [4.69, 9.17) is 18.5 Å². The summed E-state index contributed by atoms with van der Waals surface area (Å²) in [5, 5.41) is 0. The van der Waals surface area contributed by atoms with Crippen LogP contribution in [-0.2, 0) is 32.7 Å². The number of nitrogens with zero attached hydrogens (tertiary/aromatic N) is 1. The number of phosphoric acid groups is 1. The number of hydrogen-bond donors (Lipinski definition) is 0. The zero-order valence-electron chi connectivity index (χ0n) is 48.8. The highest BCUT2D eigenvalue weighted by molar-refractivity contribution is 7.45. The second kappa shape index (κ2) is 55.2. The molecule has 0 aromatic carbocycles. The van der Waals surface area contributed by atoms with Crippen molar-refractivity contribution < 1.29 is 42.1 Å². The molecule has 0 N–H and O–H groups in total. The Balaban J connectivity index is 4.13. The molecule has 0 aliphatic carbocycles. The van der Waals surface area contributed by atoms with Crippen molar-refractivity contribution in [2.24, 2.45) is 0 Å². The van der Waals surface area contributed by atoms with E-state index in [2.05, 4.69) is 86.8 Å². The van der Waals surface area contributed by atoms with Crippen molar-refractivity contribution >= 4 is 19.8 Å². The molecule has 2 unspecified atom stereocenters. The standard InChI is InChI=1S/C64H116NO8P/c1-6-8-10-12-14-16-18-20-22-24-26-28-29-30-31-32-33-34-35-37-38-40-42-44-46-48-50-52-54-56-63(66)70-60-62(61-72-74(68,69)71-59-58-65(3,4)5)73-64(67)57-55-53-51-49-47-45-43-41-39-36-27-25-23-21-19-17-15-13-11-9-7-2/h9,11,15,17,21,23,27,36,41,43,47,49,62H,6-8,10,12-14,16,18-20,22,24-26,28-35,37-40,42,44-46,48,50-61H2,1-5H3/b11-9-,17-15-,23-21-,36-27-,43-41-,49-47-. The largest absolute Gasteiger partial charge is 0.756 e. The van der Waals surface area contributed by atoms with Crippen molar-refractivity contribution in [3.05, 3.63) is 72.9 Å². The minimum absolute atomic E-state index is 0.0415. The van der Waals surface area contributed by atoms with E-state index < -0.39 is 32.5 Å². The Bertz CT molecular complexity index is 1480. The molecule has 0 saturated carbocycles. The molecule has 0 bridgehead atoms. The van der Waals surface area contributed by atoms with E-state index in [1.54, 1.807) is 0 Å². The highest BCUT2D eigenvalue weighted by Crippen LogP contribution is 2.38. The fourth-order valence-electron chi connectivity index (χ4n) is 8.54. The molecule has 0 fully saturated rings. The molecule has 10 heteroatoms. The maximum Gasteiger partial charge on any atom is 0.306 e. The third kappa shape index (κ3) is 58.7. The zero-order chi connectivity index (χ0) is 54.2. The highest BCUT2D eigenvalue weighted by Gasteiger charge is 2.22. The van der Waals surface area contributed by atoms with E-state index in [0.717, 1.165) is 70.6 Å². The molecular formula is C64H116NO8P. The van der Waals surface area contributed by atoms with Gasteiger partial charge in [0.05, 0.1) is 27.7 Å². The highest BCUT2D eigenvalue weighted by atomic mass is 31.2. The zero-order valence-corrected chi connectivity index (χ0v) is 49.7. The third-order valence-electron chi connectivity index (χ3n) is 13.2. The summed E-state index contributed by atoms with van der Waals surface area (Å²) in [6, 6.07) is 0. The monoisotopic (exact) mass is 1060 g/mol. The summed E-state index contributed by atoms with van der Waals surface area (Å²) < 4.78 is 34.1. The molecule has 0 spiro atoms. The Labute approximate surface area is 457 Å². The van der Waals surface area contributed by atoms with Crippen LogP contribution in [0.3, 0.4) is 0 Å². The number of rotatable bonds is 56. The normalized spacial score (nSPS) is 13.8. The summed E-state index contributed by atoms with van der Waals surface area (Å²) in [5.74, 6) is -0.878. The first-order valence-corrected chi connectivity index (χ1v) is 32.1. The topological polar surface area (TPSA) is 111 Å². The van der Waals surface area contributed by atoms with Crippen LogP contribution in [0.15, 0.2) is 72.9 Å². The lowest BCUT2D eigenvalue weighted by Gasteiger charge is -2.28. The van der Waals surface area contributed by atoms with Crippen molar-refractivity contribution in [1.29, 1.82) is 0 Å². The molecule has 0 rings (SSSR count). The van der Waals surface area contributed by atoms with Crippen LogP contribution < -0.4 is 4.89 Å². The molecule has 0 amide bonds. The summed E-state index contributed by atoms with van der Waals surface area (Å²) in [7, 11) is 1.14. The quantitative estimate of drug-likeness (QED) is 0.0195. The Morgan fingerprint density at radius 3 is 1.15 bits per heavy atom. The molecule has 0 aromatic heterocycles. The summed E-state index contributed by atoms with van der Waals surface area (Å²) in [6.07, 6.45) is 72.6. The number of likely N-dealkylation sites (N-methyl/N-ethyl adjacent to an activating group) is 1. The fourth-order valence-corrected chi connectivity index (χ4v) is 9.27.